The highest BCUT2D eigenvalue weighted by Gasteiger charge is 2.15. The van der Waals surface area contributed by atoms with Crippen LogP contribution in [-0.2, 0) is 9.53 Å². The van der Waals surface area contributed by atoms with E-state index in [-0.39, 0.29) is 36.9 Å². The zero-order valence-corrected chi connectivity index (χ0v) is 16.2. The van der Waals surface area contributed by atoms with Crippen molar-refractivity contribution >= 4 is 18.3 Å². The molecule has 5 nitrogen and oxygen atoms in total. The summed E-state index contributed by atoms with van der Waals surface area (Å²) in [7, 11) is 3.23. The lowest BCUT2D eigenvalue weighted by Gasteiger charge is -2.18. The van der Waals surface area contributed by atoms with Gasteiger partial charge in [-0.3, -0.25) is 4.79 Å². The molecule has 0 saturated heterocycles. The smallest absolute Gasteiger partial charge is 0.223 e. The Kier molecular flexibility index (Phi) is 9.13. The molecule has 0 aromatic heterocycles. The van der Waals surface area contributed by atoms with Crippen LogP contribution < -0.4 is 15.8 Å². The highest BCUT2D eigenvalue weighted by molar-refractivity contribution is 5.85. The van der Waals surface area contributed by atoms with E-state index in [4.69, 9.17) is 15.2 Å². The van der Waals surface area contributed by atoms with Gasteiger partial charge in [0, 0.05) is 19.2 Å². The van der Waals surface area contributed by atoms with E-state index in [0.29, 0.717) is 6.54 Å². The number of hydrogen-bond donors (Lipinski definition) is 2. The Morgan fingerprint density at radius 2 is 1.77 bits per heavy atom. The Balaban J connectivity index is 0.00000338. The predicted octanol–water partition coefficient (Wildman–Crippen LogP) is 3.33. The van der Waals surface area contributed by atoms with Crippen LogP contribution in [0.25, 0.3) is 11.1 Å². The number of carbonyl (C=O) groups excluding carboxylic acids is 1. The highest BCUT2D eigenvalue weighted by atomic mass is 35.5. The van der Waals surface area contributed by atoms with Gasteiger partial charge in [0.2, 0.25) is 5.91 Å². The van der Waals surface area contributed by atoms with E-state index in [2.05, 4.69) is 5.32 Å². The minimum absolute atomic E-state index is 0. The predicted molar refractivity (Wildman–Crippen MR) is 107 cm³/mol. The maximum Gasteiger partial charge on any atom is 0.223 e. The van der Waals surface area contributed by atoms with Crippen LogP contribution >= 0.6 is 12.4 Å². The molecule has 0 aliphatic carbocycles. The molecule has 2 unspecified atom stereocenters. The second kappa shape index (κ2) is 10.8. The van der Waals surface area contributed by atoms with Gasteiger partial charge in [-0.25, -0.2) is 0 Å². The molecule has 6 heteroatoms. The van der Waals surface area contributed by atoms with Crippen molar-refractivity contribution in [1.82, 2.24) is 5.32 Å². The Labute approximate surface area is 161 Å². The average Bonchev–Trinajstić information content (AvgIpc) is 2.66. The second-order valence-corrected chi connectivity index (χ2v) is 5.91. The van der Waals surface area contributed by atoms with Gasteiger partial charge in [0.25, 0.3) is 0 Å². The maximum absolute atomic E-state index is 12.1. The number of hydrogen-bond acceptors (Lipinski definition) is 4. The van der Waals surface area contributed by atoms with Gasteiger partial charge in [0.15, 0.2) is 0 Å². The minimum Gasteiger partial charge on any atom is -0.496 e. The van der Waals surface area contributed by atoms with Crippen molar-refractivity contribution in [2.45, 2.75) is 25.5 Å². The van der Waals surface area contributed by atoms with E-state index in [1.807, 2.05) is 55.5 Å². The lowest BCUT2D eigenvalue weighted by atomic mass is 10.0. The molecular formula is C20H27ClN2O3. The third-order valence-electron chi connectivity index (χ3n) is 4.22. The topological polar surface area (TPSA) is 73.6 Å². The number of carbonyl (C=O) groups is 1. The standard InChI is InChI=1S/C20H26N2O3.ClH/c1-14(22-20(23)12-17(13-21)24-2)15-8-10-16(11-9-15)18-6-4-5-7-19(18)25-3;/h4-11,14,17H,12-13,21H2,1-3H3,(H,22,23);1H. The van der Waals surface area contributed by atoms with Gasteiger partial charge in [0.1, 0.15) is 5.75 Å². The molecule has 0 spiro atoms. The fourth-order valence-corrected chi connectivity index (χ4v) is 2.69. The first-order valence-electron chi connectivity index (χ1n) is 8.34. The summed E-state index contributed by atoms with van der Waals surface area (Å²) < 4.78 is 10.6. The van der Waals surface area contributed by atoms with Crippen molar-refractivity contribution < 1.29 is 14.3 Å². The molecule has 0 bridgehead atoms. The fraction of sp³-hybridized carbons (Fsp3) is 0.350. The van der Waals surface area contributed by atoms with Crippen LogP contribution in [-0.4, -0.2) is 32.8 Å². The number of para-hydroxylation sites is 1. The van der Waals surface area contributed by atoms with Crippen molar-refractivity contribution in [1.29, 1.82) is 0 Å². The number of nitrogens with two attached hydrogens (primary N) is 1. The quantitative estimate of drug-likeness (QED) is 0.739. The van der Waals surface area contributed by atoms with E-state index in [1.54, 1.807) is 14.2 Å². The third-order valence-corrected chi connectivity index (χ3v) is 4.22. The fourth-order valence-electron chi connectivity index (χ4n) is 2.69. The number of benzene rings is 2. The first kappa shape index (κ1) is 22.0. The molecule has 0 fully saturated rings. The van der Waals surface area contributed by atoms with Crippen molar-refractivity contribution in [3.63, 3.8) is 0 Å². The summed E-state index contributed by atoms with van der Waals surface area (Å²) in [6.45, 7) is 2.28. The van der Waals surface area contributed by atoms with Gasteiger partial charge >= 0.3 is 0 Å². The lowest BCUT2D eigenvalue weighted by Crippen LogP contribution is -2.33. The molecule has 0 heterocycles. The minimum atomic E-state index is -0.250. The van der Waals surface area contributed by atoms with Gasteiger partial charge in [-0.05, 0) is 24.1 Å². The zero-order valence-electron chi connectivity index (χ0n) is 15.4. The molecule has 1 amide bonds. The first-order chi connectivity index (χ1) is 12.1. The summed E-state index contributed by atoms with van der Waals surface area (Å²) in [6, 6.07) is 15.9. The van der Waals surface area contributed by atoms with E-state index < -0.39 is 0 Å². The third kappa shape index (κ3) is 5.73. The van der Waals surface area contributed by atoms with Crippen LogP contribution in [0.3, 0.4) is 0 Å². The molecule has 26 heavy (non-hydrogen) atoms. The monoisotopic (exact) mass is 378 g/mol. The van der Waals surface area contributed by atoms with Gasteiger partial charge < -0.3 is 20.5 Å². The van der Waals surface area contributed by atoms with E-state index in [1.165, 1.54) is 0 Å². The number of halogens is 1. The summed E-state index contributed by atoms with van der Waals surface area (Å²) in [6.07, 6.45) is 0.0107. The van der Waals surface area contributed by atoms with E-state index >= 15 is 0 Å². The molecule has 0 radical (unpaired) electrons. The van der Waals surface area contributed by atoms with Crippen LogP contribution in [0.1, 0.15) is 24.9 Å². The Morgan fingerprint density at radius 3 is 2.35 bits per heavy atom. The Hall–Kier alpha value is -2.08. The van der Waals surface area contributed by atoms with Gasteiger partial charge in [-0.1, -0.05) is 42.5 Å². The van der Waals surface area contributed by atoms with Crippen molar-refractivity contribution in [3.05, 3.63) is 54.1 Å². The van der Waals surface area contributed by atoms with Gasteiger partial charge in [-0.15, -0.1) is 12.4 Å². The number of methoxy groups -OCH3 is 2. The molecule has 0 saturated carbocycles. The van der Waals surface area contributed by atoms with Crippen molar-refractivity contribution in [3.8, 4) is 16.9 Å². The highest BCUT2D eigenvalue weighted by Crippen LogP contribution is 2.30. The molecule has 3 N–H and O–H groups in total. The molecule has 142 valence electrons. The first-order valence-corrected chi connectivity index (χ1v) is 8.34. The summed E-state index contributed by atoms with van der Waals surface area (Å²) in [4.78, 5) is 12.1. The number of amides is 1. The number of ether oxygens (including phenoxy) is 2. The van der Waals surface area contributed by atoms with Crippen LogP contribution in [0.5, 0.6) is 5.75 Å². The summed E-state index contributed by atoms with van der Waals surface area (Å²) in [5, 5.41) is 2.98. The number of rotatable bonds is 8. The average molecular weight is 379 g/mol. The summed E-state index contributed by atoms with van der Waals surface area (Å²) in [5.41, 5.74) is 8.70. The molecule has 2 aromatic carbocycles. The summed E-state index contributed by atoms with van der Waals surface area (Å²) >= 11 is 0. The molecule has 2 aromatic rings. The molecule has 2 rings (SSSR count). The zero-order chi connectivity index (χ0) is 18.2. The molecule has 2 atom stereocenters. The van der Waals surface area contributed by atoms with Crippen LogP contribution in [0.15, 0.2) is 48.5 Å². The van der Waals surface area contributed by atoms with Crippen molar-refractivity contribution in [2.75, 3.05) is 20.8 Å². The maximum atomic E-state index is 12.1. The molecule has 0 aliphatic heterocycles. The van der Waals surface area contributed by atoms with Crippen LogP contribution in [0.2, 0.25) is 0 Å². The largest absolute Gasteiger partial charge is 0.496 e. The SMILES string of the molecule is COc1ccccc1-c1ccc(C(C)NC(=O)CC(CN)OC)cc1.Cl. The summed E-state index contributed by atoms with van der Waals surface area (Å²) in [5.74, 6) is 0.766. The van der Waals surface area contributed by atoms with Crippen LogP contribution in [0, 0.1) is 0 Å². The van der Waals surface area contributed by atoms with Gasteiger partial charge in [-0.2, -0.15) is 0 Å². The van der Waals surface area contributed by atoms with E-state index in [0.717, 1.165) is 22.4 Å². The lowest BCUT2D eigenvalue weighted by molar-refractivity contribution is -0.124. The molecular weight excluding hydrogens is 352 g/mol. The number of nitrogens with one attached hydrogen (secondary N) is 1. The Bertz CT molecular complexity index is 688. The van der Waals surface area contributed by atoms with E-state index in [9.17, 15) is 4.79 Å². The normalized spacial score (nSPS) is 12.6. The van der Waals surface area contributed by atoms with Crippen molar-refractivity contribution in [2.24, 2.45) is 5.73 Å². The Morgan fingerprint density at radius 1 is 1.12 bits per heavy atom. The molecule has 0 aliphatic rings. The second-order valence-electron chi connectivity index (χ2n) is 5.91. The van der Waals surface area contributed by atoms with Crippen LogP contribution in [0.4, 0.5) is 0 Å². The van der Waals surface area contributed by atoms with Gasteiger partial charge in [0.05, 0.1) is 25.7 Å².